The number of likely N-dealkylation sites (tertiary alicyclic amines) is 1. The molecule has 200 valence electrons. The van der Waals surface area contributed by atoms with Crippen LogP contribution in [0.3, 0.4) is 0 Å². The van der Waals surface area contributed by atoms with E-state index in [2.05, 4.69) is 22.3 Å². The highest BCUT2D eigenvalue weighted by atomic mass is 32.2. The molecule has 0 bridgehead atoms. The Morgan fingerprint density at radius 2 is 1.63 bits per heavy atom. The molecule has 3 aromatic rings. The summed E-state index contributed by atoms with van der Waals surface area (Å²) in [5.74, 6) is 0.535. The number of benzene rings is 3. The number of nitrogens with zero attached hydrogens (tertiary/aromatic N) is 2. The molecule has 0 spiro atoms. The molecule has 9 heteroatoms. The highest BCUT2D eigenvalue weighted by molar-refractivity contribution is 7.92. The second kappa shape index (κ2) is 11.4. The predicted molar refractivity (Wildman–Crippen MR) is 146 cm³/mol. The van der Waals surface area contributed by atoms with Gasteiger partial charge in [-0.25, -0.2) is 8.42 Å². The number of carbonyl (C=O) groups is 1. The van der Waals surface area contributed by atoms with Crippen molar-refractivity contribution in [1.82, 2.24) is 10.2 Å². The quantitative estimate of drug-likeness (QED) is 0.470. The number of amides is 1. The van der Waals surface area contributed by atoms with Gasteiger partial charge in [-0.15, -0.1) is 0 Å². The summed E-state index contributed by atoms with van der Waals surface area (Å²) in [6.45, 7) is 3.43. The third kappa shape index (κ3) is 5.79. The molecular weight excluding hydrogens is 502 g/mol. The van der Waals surface area contributed by atoms with Crippen molar-refractivity contribution in [2.75, 3.05) is 31.0 Å². The predicted octanol–water partition coefficient (Wildman–Crippen LogP) is 3.95. The lowest BCUT2D eigenvalue weighted by Crippen LogP contribution is -2.50. The summed E-state index contributed by atoms with van der Waals surface area (Å²) in [6.07, 6.45) is 2.85. The second-order valence-electron chi connectivity index (χ2n) is 9.66. The lowest BCUT2D eigenvalue weighted by atomic mass is 10.1. The number of rotatable bonds is 8. The van der Waals surface area contributed by atoms with Gasteiger partial charge in [0.2, 0.25) is 0 Å². The minimum Gasteiger partial charge on any atom is -0.497 e. The van der Waals surface area contributed by atoms with Gasteiger partial charge in [0, 0.05) is 13.1 Å². The van der Waals surface area contributed by atoms with Crippen LogP contribution in [-0.2, 0) is 27.9 Å². The molecule has 3 aromatic carbocycles. The zero-order chi connectivity index (χ0) is 26.5. The third-order valence-electron chi connectivity index (χ3n) is 7.02. The maximum absolute atomic E-state index is 13.6. The first kappa shape index (κ1) is 26.1. The summed E-state index contributed by atoms with van der Waals surface area (Å²) in [6, 6.07) is 21.3. The molecule has 2 heterocycles. The van der Waals surface area contributed by atoms with Gasteiger partial charge in [-0.05, 0) is 73.5 Å². The van der Waals surface area contributed by atoms with Crippen molar-refractivity contribution in [1.29, 1.82) is 0 Å². The molecule has 1 atom stereocenters. The fourth-order valence-electron chi connectivity index (χ4n) is 4.88. The fourth-order valence-corrected chi connectivity index (χ4v) is 6.36. The van der Waals surface area contributed by atoms with Gasteiger partial charge >= 0.3 is 0 Å². The van der Waals surface area contributed by atoms with Crippen molar-refractivity contribution in [2.24, 2.45) is 0 Å². The van der Waals surface area contributed by atoms with Crippen LogP contribution in [0, 0.1) is 0 Å². The molecule has 1 unspecified atom stereocenters. The van der Waals surface area contributed by atoms with Crippen LogP contribution in [0.25, 0.3) is 0 Å². The van der Waals surface area contributed by atoms with Crippen LogP contribution in [0.1, 0.15) is 30.4 Å². The molecule has 1 N–H and O–H groups in total. The Bertz CT molecular complexity index is 1350. The Hall–Kier alpha value is -3.56. The van der Waals surface area contributed by atoms with Crippen LogP contribution in [0.5, 0.6) is 11.5 Å². The average molecular weight is 536 g/mol. The van der Waals surface area contributed by atoms with E-state index in [0.717, 1.165) is 25.2 Å². The molecule has 2 aliphatic rings. The number of carbonyl (C=O) groups excluding carboxylic acids is 1. The molecular formula is C29H33N3O5S. The van der Waals surface area contributed by atoms with E-state index in [-0.39, 0.29) is 17.3 Å². The monoisotopic (exact) mass is 535 g/mol. The van der Waals surface area contributed by atoms with Gasteiger partial charge in [-0.2, -0.15) is 0 Å². The summed E-state index contributed by atoms with van der Waals surface area (Å²) in [4.78, 5) is 15.7. The van der Waals surface area contributed by atoms with Gasteiger partial charge < -0.3 is 14.8 Å². The average Bonchev–Trinajstić information content (AvgIpc) is 2.96. The Morgan fingerprint density at radius 3 is 2.34 bits per heavy atom. The molecule has 0 radical (unpaired) electrons. The van der Waals surface area contributed by atoms with Crippen LogP contribution >= 0.6 is 0 Å². The highest BCUT2D eigenvalue weighted by Crippen LogP contribution is 2.37. The fraction of sp³-hybridized carbons (Fsp3) is 0.345. The standard InChI is InChI=1S/C29H33N3O5S/c1-36-24-13-15-25(16-14-24)38(34,35)32-21-28(37-27-8-4-3-7-26(27)32)29(33)30-19-22-9-11-23(12-10-22)20-31-17-5-2-6-18-31/h3-4,7-16,28H,2,5-6,17-21H2,1H3,(H,30,33). The number of ether oxygens (including phenoxy) is 2. The number of fused-ring (bicyclic) bond motifs is 1. The maximum Gasteiger partial charge on any atom is 0.264 e. The Morgan fingerprint density at radius 1 is 0.947 bits per heavy atom. The van der Waals surface area contributed by atoms with E-state index in [4.69, 9.17) is 9.47 Å². The molecule has 38 heavy (non-hydrogen) atoms. The Labute approximate surface area is 224 Å². The number of hydrogen-bond donors (Lipinski definition) is 1. The van der Waals surface area contributed by atoms with Gasteiger partial charge in [0.25, 0.3) is 15.9 Å². The molecule has 5 rings (SSSR count). The smallest absolute Gasteiger partial charge is 0.264 e. The molecule has 0 aromatic heterocycles. The van der Waals surface area contributed by atoms with Gasteiger partial charge in [-0.1, -0.05) is 42.8 Å². The molecule has 0 saturated carbocycles. The minimum absolute atomic E-state index is 0.110. The SMILES string of the molecule is COc1ccc(S(=O)(=O)N2CC(C(=O)NCc3ccc(CN4CCCCC4)cc3)Oc3ccccc32)cc1. The molecule has 1 fully saturated rings. The number of para-hydroxylation sites is 2. The summed E-state index contributed by atoms with van der Waals surface area (Å²) in [7, 11) is -2.41. The summed E-state index contributed by atoms with van der Waals surface area (Å²) >= 11 is 0. The first-order chi connectivity index (χ1) is 18.4. The first-order valence-electron chi connectivity index (χ1n) is 12.9. The van der Waals surface area contributed by atoms with E-state index in [0.29, 0.717) is 23.7 Å². The number of piperidine rings is 1. The number of methoxy groups -OCH3 is 1. The number of anilines is 1. The van der Waals surface area contributed by atoms with E-state index in [1.54, 1.807) is 36.4 Å². The normalized spacial score (nSPS) is 17.8. The molecule has 2 aliphatic heterocycles. The van der Waals surface area contributed by atoms with E-state index >= 15 is 0 Å². The van der Waals surface area contributed by atoms with Crippen LogP contribution in [0.4, 0.5) is 5.69 Å². The number of sulfonamides is 1. The van der Waals surface area contributed by atoms with Crippen LogP contribution in [0.15, 0.2) is 77.7 Å². The zero-order valence-electron chi connectivity index (χ0n) is 21.5. The van der Waals surface area contributed by atoms with E-state index in [1.165, 1.54) is 48.4 Å². The van der Waals surface area contributed by atoms with Gasteiger partial charge in [0.1, 0.15) is 11.5 Å². The first-order valence-corrected chi connectivity index (χ1v) is 14.4. The molecule has 8 nitrogen and oxygen atoms in total. The zero-order valence-corrected chi connectivity index (χ0v) is 22.3. The van der Waals surface area contributed by atoms with E-state index in [9.17, 15) is 13.2 Å². The van der Waals surface area contributed by atoms with Crippen molar-refractivity contribution in [3.05, 3.63) is 83.9 Å². The van der Waals surface area contributed by atoms with Crippen LogP contribution < -0.4 is 19.1 Å². The van der Waals surface area contributed by atoms with Crippen LogP contribution in [-0.4, -0.2) is 52.1 Å². The molecule has 1 saturated heterocycles. The van der Waals surface area contributed by atoms with E-state index in [1.807, 2.05) is 12.1 Å². The third-order valence-corrected chi connectivity index (χ3v) is 8.81. The summed E-state index contributed by atoms with van der Waals surface area (Å²) < 4.78 is 39.5. The highest BCUT2D eigenvalue weighted by Gasteiger charge is 2.37. The largest absolute Gasteiger partial charge is 0.497 e. The Kier molecular flexibility index (Phi) is 7.85. The van der Waals surface area contributed by atoms with E-state index < -0.39 is 16.1 Å². The van der Waals surface area contributed by atoms with Crippen LogP contribution in [0.2, 0.25) is 0 Å². The number of hydrogen-bond acceptors (Lipinski definition) is 6. The molecule has 1 amide bonds. The van der Waals surface area contributed by atoms with Gasteiger partial charge in [0.05, 0.1) is 24.2 Å². The lowest BCUT2D eigenvalue weighted by molar-refractivity contribution is -0.127. The maximum atomic E-state index is 13.6. The molecule has 0 aliphatic carbocycles. The van der Waals surface area contributed by atoms with Crippen molar-refractivity contribution < 1.29 is 22.7 Å². The topological polar surface area (TPSA) is 88.2 Å². The minimum atomic E-state index is -3.94. The second-order valence-corrected chi connectivity index (χ2v) is 11.5. The van der Waals surface area contributed by atoms with Crippen molar-refractivity contribution >= 4 is 21.6 Å². The van der Waals surface area contributed by atoms with Crippen molar-refractivity contribution in [2.45, 2.75) is 43.4 Å². The number of nitrogens with one attached hydrogen (secondary N) is 1. The van der Waals surface area contributed by atoms with Gasteiger partial charge in [-0.3, -0.25) is 14.0 Å². The van der Waals surface area contributed by atoms with Crippen molar-refractivity contribution in [3.63, 3.8) is 0 Å². The summed E-state index contributed by atoms with van der Waals surface area (Å²) in [5, 5.41) is 2.91. The van der Waals surface area contributed by atoms with Crippen molar-refractivity contribution in [3.8, 4) is 11.5 Å². The van der Waals surface area contributed by atoms with Gasteiger partial charge in [0.15, 0.2) is 6.10 Å². The Balaban J connectivity index is 1.26. The lowest BCUT2D eigenvalue weighted by Gasteiger charge is -2.34. The summed E-state index contributed by atoms with van der Waals surface area (Å²) in [5.41, 5.74) is 2.63.